The van der Waals surface area contributed by atoms with Crippen LogP contribution < -0.4 is 5.32 Å². The molecule has 1 heterocycles. The average Bonchev–Trinajstić information content (AvgIpc) is 2.79. The van der Waals surface area contributed by atoms with Crippen molar-refractivity contribution in [2.24, 2.45) is 0 Å². The first-order valence-corrected chi connectivity index (χ1v) is 8.84. The molecule has 2 aromatic carbocycles. The fourth-order valence-corrected chi connectivity index (χ4v) is 4.22. The van der Waals surface area contributed by atoms with Gasteiger partial charge in [0, 0.05) is 18.3 Å². The highest BCUT2D eigenvalue weighted by Gasteiger charge is 2.27. The number of rotatable bonds is 3. The van der Waals surface area contributed by atoms with Gasteiger partial charge in [-0.1, -0.05) is 12.1 Å². The lowest BCUT2D eigenvalue weighted by atomic mass is 10.1. The van der Waals surface area contributed by atoms with Crippen LogP contribution in [0, 0.1) is 10.1 Å². The van der Waals surface area contributed by atoms with Gasteiger partial charge in [0.2, 0.25) is 9.84 Å². The van der Waals surface area contributed by atoms with Crippen LogP contribution in [0.3, 0.4) is 0 Å². The molecular weight excluding hydrogens is 316 g/mol. The summed E-state index contributed by atoms with van der Waals surface area (Å²) in [4.78, 5) is 10.3. The highest BCUT2D eigenvalue weighted by atomic mass is 32.2. The summed E-state index contributed by atoms with van der Waals surface area (Å²) >= 11 is 0. The van der Waals surface area contributed by atoms with E-state index in [4.69, 9.17) is 0 Å². The molecule has 1 N–H and O–H groups in total. The van der Waals surface area contributed by atoms with E-state index < -0.39 is 20.4 Å². The van der Waals surface area contributed by atoms with Gasteiger partial charge in [0.15, 0.2) is 0 Å². The molecule has 1 aliphatic rings. The molecule has 120 valence electrons. The lowest BCUT2D eigenvalue weighted by Crippen LogP contribution is -2.07. The van der Waals surface area contributed by atoms with E-state index in [-0.39, 0.29) is 9.79 Å². The van der Waals surface area contributed by atoms with Crippen LogP contribution in [-0.4, -0.2) is 19.9 Å². The zero-order valence-corrected chi connectivity index (χ0v) is 13.2. The molecule has 0 fully saturated rings. The summed E-state index contributed by atoms with van der Waals surface area (Å²) in [5.74, 6) is 0. The van der Waals surface area contributed by atoms with E-state index in [0.29, 0.717) is 0 Å². The third-order valence-electron chi connectivity index (χ3n) is 3.93. The molecule has 7 heteroatoms. The zero-order valence-electron chi connectivity index (χ0n) is 12.4. The number of nitrogens with zero attached hydrogens (tertiary/aromatic N) is 1. The molecule has 0 bridgehead atoms. The van der Waals surface area contributed by atoms with Crippen LogP contribution in [0.2, 0.25) is 0 Å². The molecule has 0 saturated heterocycles. The van der Waals surface area contributed by atoms with Crippen molar-refractivity contribution in [2.75, 3.05) is 11.9 Å². The minimum atomic E-state index is -3.93. The van der Waals surface area contributed by atoms with Crippen molar-refractivity contribution in [1.82, 2.24) is 0 Å². The summed E-state index contributed by atoms with van der Waals surface area (Å²) in [6.07, 6.45) is 2.80. The van der Waals surface area contributed by atoms with Gasteiger partial charge in [-0.3, -0.25) is 10.1 Å². The van der Waals surface area contributed by atoms with Gasteiger partial charge in [-0.2, -0.15) is 0 Å². The highest BCUT2D eigenvalue weighted by Crippen LogP contribution is 2.32. The summed E-state index contributed by atoms with van der Waals surface area (Å²) in [6, 6.07) is 10.3. The van der Waals surface area contributed by atoms with E-state index in [9.17, 15) is 18.5 Å². The van der Waals surface area contributed by atoms with E-state index in [1.807, 2.05) is 0 Å². The summed E-state index contributed by atoms with van der Waals surface area (Å²) < 4.78 is 25.6. The van der Waals surface area contributed by atoms with Crippen molar-refractivity contribution in [3.05, 3.63) is 58.1 Å². The van der Waals surface area contributed by atoms with Crippen molar-refractivity contribution in [1.29, 1.82) is 0 Å². The number of nitrogens with one attached hydrogen (secondary N) is 1. The monoisotopic (exact) mass is 332 g/mol. The SMILES string of the molecule is O=[N+]([O-])c1ccccc1S(=O)(=O)c1ccc2c(c1)CCCCN2. The number of benzene rings is 2. The van der Waals surface area contributed by atoms with Crippen molar-refractivity contribution < 1.29 is 13.3 Å². The van der Waals surface area contributed by atoms with Crippen molar-refractivity contribution in [3.63, 3.8) is 0 Å². The second-order valence-electron chi connectivity index (χ2n) is 5.43. The van der Waals surface area contributed by atoms with Gasteiger partial charge in [-0.15, -0.1) is 0 Å². The Morgan fingerprint density at radius 2 is 1.87 bits per heavy atom. The molecule has 1 aliphatic heterocycles. The molecule has 23 heavy (non-hydrogen) atoms. The molecule has 0 radical (unpaired) electrons. The average molecular weight is 332 g/mol. The summed E-state index contributed by atoms with van der Waals surface area (Å²) in [7, 11) is -3.93. The number of fused-ring (bicyclic) bond motifs is 1. The number of para-hydroxylation sites is 1. The number of nitro groups is 1. The van der Waals surface area contributed by atoms with E-state index in [2.05, 4.69) is 5.32 Å². The van der Waals surface area contributed by atoms with E-state index >= 15 is 0 Å². The summed E-state index contributed by atoms with van der Waals surface area (Å²) in [5.41, 5.74) is 1.46. The Hall–Kier alpha value is -2.41. The van der Waals surface area contributed by atoms with Crippen LogP contribution in [-0.2, 0) is 16.3 Å². The van der Waals surface area contributed by atoms with Crippen molar-refractivity contribution in [2.45, 2.75) is 29.1 Å². The number of anilines is 1. The smallest absolute Gasteiger partial charge is 0.288 e. The fourth-order valence-electron chi connectivity index (χ4n) is 2.74. The first-order chi connectivity index (χ1) is 11.0. The van der Waals surface area contributed by atoms with Gasteiger partial charge in [-0.25, -0.2) is 8.42 Å². The van der Waals surface area contributed by atoms with Gasteiger partial charge >= 0.3 is 0 Å². The second kappa shape index (κ2) is 6.00. The maximum Gasteiger partial charge on any atom is 0.288 e. The molecule has 0 saturated carbocycles. The highest BCUT2D eigenvalue weighted by molar-refractivity contribution is 7.91. The number of hydrogen-bond acceptors (Lipinski definition) is 5. The van der Waals surface area contributed by atoms with Gasteiger partial charge in [0.05, 0.1) is 9.82 Å². The molecule has 0 aliphatic carbocycles. The first-order valence-electron chi connectivity index (χ1n) is 7.35. The topological polar surface area (TPSA) is 89.3 Å². The Morgan fingerprint density at radius 1 is 1.09 bits per heavy atom. The summed E-state index contributed by atoms with van der Waals surface area (Å²) in [5, 5.41) is 14.4. The van der Waals surface area contributed by atoms with Crippen molar-refractivity contribution in [3.8, 4) is 0 Å². The van der Waals surface area contributed by atoms with Crippen molar-refractivity contribution >= 4 is 21.2 Å². The molecular formula is C16H16N2O4S. The third-order valence-corrected chi connectivity index (χ3v) is 5.73. The largest absolute Gasteiger partial charge is 0.385 e. The maximum atomic E-state index is 12.8. The van der Waals surface area contributed by atoms with E-state index in [1.54, 1.807) is 12.1 Å². The van der Waals surface area contributed by atoms with Gasteiger partial charge in [0.1, 0.15) is 4.90 Å². The van der Waals surface area contributed by atoms with Crippen LogP contribution in [0.5, 0.6) is 0 Å². The zero-order chi connectivity index (χ0) is 16.4. The van der Waals surface area contributed by atoms with Crippen LogP contribution in [0.25, 0.3) is 0 Å². The maximum absolute atomic E-state index is 12.8. The molecule has 0 unspecified atom stereocenters. The van der Waals surface area contributed by atoms with Gasteiger partial charge in [-0.05, 0) is 49.1 Å². The Balaban J connectivity index is 2.11. The number of hydrogen-bond donors (Lipinski definition) is 1. The minimum absolute atomic E-state index is 0.0919. The lowest BCUT2D eigenvalue weighted by Gasteiger charge is -2.11. The molecule has 0 spiro atoms. The standard InChI is InChI=1S/C16H16N2O4S/c19-18(20)15-6-1-2-7-16(15)23(21,22)13-8-9-14-12(11-13)5-3-4-10-17-14/h1-2,6-9,11,17H,3-5,10H2. The molecule has 0 aromatic heterocycles. The normalized spacial score (nSPS) is 14.4. The lowest BCUT2D eigenvalue weighted by molar-refractivity contribution is -0.387. The third kappa shape index (κ3) is 2.92. The quantitative estimate of drug-likeness (QED) is 0.689. The number of nitro benzene ring substituents is 1. The molecule has 0 amide bonds. The summed E-state index contributed by atoms with van der Waals surface area (Å²) in [6.45, 7) is 0.864. The Kier molecular flexibility index (Phi) is 4.04. The predicted molar refractivity (Wildman–Crippen MR) is 86.4 cm³/mol. The second-order valence-corrected chi connectivity index (χ2v) is 7.35. The van der Waals surface area contributed by atoms with Crippen LogP contribution in [0.4, 0.5) is 11.4 Å². The fraction of sp³-hybridized carbons (Fsp3) is 0.250. The molecule has 3 rings (SSSR count). The predicted octanol–water partition coefficient (Wildman–Crippen LogP) is 3.18. The Morgan fingerprint density at radius 3 is 2.65 bits per heavy atom. The number of sulfone groups is 1. The molecule has 6 nitrogen and oxygen atoms in total. The Bertz CT molecular complexity index is 862. The van der Waals surface area contributed by atoms with E-state index in [0.717, 1.165) is 37.1 Å². The molecule has 0 atom stereocenters. The minimum Gasteiger partial charge on any atom is -0.385 e. The van der Waals surface area contributed by atoms with E-state index in [1.165, 1.54) is 30.3 Å². The van der Waals surface area contributed by atoms with Crippen LogP contribution >= 0.6 is 0 Å². The Labute approximate surface area is 134 Å². The molecule has 2 aromatic rings. The van der Waals surface area contributed by atoms with Crippen LogP contribution in [0.1, 0.15) is 18.4 Å². The van der Waals surface area contributed by atoms with Gasteiger partial charge in [0.25, 0.3) is 5.69 Å². The van der Waals surface area contributed by atoms with Crippen LogP contribution in [0.15, 0.2) is 52.3 Å². The number of aryl methyl sites for hydroxylation is 1. The van der Waals surface area contributed by atoms with Gasteiger partial charge < -0.3 is 5.32 Å². The first kappa shape index (κ1) is 15.5.